The fourth-order valence-electron chi connectivity index (χ4n) is 2.10. The molecule has 0 fully saturated rings. The maximum Gasteiger partial charge on any atom is 0.225 e. The maximum atomic E-state index is 12.1. The van der Waals surface area contributed by atoms with Crippen LogP contribution in [0.1, 0.15) is 52.6 Å². The Morgan fingerprint density at radius 2 is 1.68 bits per heavy atom. The van der Waals surface area contributed by atoms with Crippen LogP contribution in [0.5, 0.6) is 0 Å². The Morgan fingerprint density at radius 3 is 2.18 bits per heavy atom. The molecule has 4 heteroatoms. The molecular weight excluding hydrogens is 276 g/mol. The molecule has 4 nitrogen and oxygen atoms in total. The van der Waals surface area contributed by atoms with Crippen molar-refractivity contribution in [3.63, 3.8) is 0 Å². The van der Waals surface area contributed by atoms with Crippen LogP contribution in [-0.4, -0.2) is 18.4 Å². The van der Waals surface area contributed by atoms with E-state index in [1.54, 1.807) is 0 Å². The van der Waals surface area contributed by atoms with E-state index in [4.69, 9.17) is 0 Å². The molecule has 0 aromatic heterocycles. The molecule has 0 radical (unpaired) electrons. The summed E-state index contributed by atoms with van der Waals surface area (Å²) in [7, 11) is 0. The van der Waals surface area contributed by atoms with E-state index in [1.807, 2.05) is 51.1 Å². The van der Waals surface area contributed by atoms with Crippen molar-refractivity contribution in [2.75, 3.05) is 6.54 Å². The van der Waals surface area contributed by atoms with Gasteiger partial charge >= 0.3 is 0 Å². The van der Waals surface area contributed by atoms with Crippen molar-refractivity contribution in [2.45, 2.75) is 47.1 Å². The normalized spacial score (nSPS) is 12.8. The lowest BCUT2D eigenvalue weighted by atomic mass is 9.95. The van der Waals surface area contributed by atoms with E-state index in [2.05, 4.69) is 24.5 Å². The summed E-state index contributed by atoms with van der Waals surface area (Å²) in [6.45, 7) is 10.1. The lowest BCUT2D eigenvalue weighted by molar-refractivity contribution is -0.128. The lowest BCUT2D eigenvalue weighted by Gasteiger charge is -2.23. The molecule has 0 heterocycles. The number of amides is 2. The minimum absolute atomic E-state index is 0.00739. The number of carbonyl (C=O) groups is 2. The second-order valence-corrected chi connectivity index (χ2v) is 6.96. The highest BCUT2D eigenvalue weighted by molar-refractivity contribution is 5.82. The van der Waals surface area contributed by atoms with Gasteiger partial charge in [-0.05, 0) is 11.5 Å². The van der Waals surface area contributed by atoms with Gasteiger partial charge in [0.15, 0.2) is 0 Å². The number of rotatable bonds is 6. The summed E-state index contributed by atoms with van der Waals surface area (Å²) in [4.78, 5) is 23.9. The first kappa shape index (κ1) is 18.2. The predicted octanol–water partition coefficient (Wildman–Crippen LogP) is 3.05. The Kier molecular flexibility index (Phi) is 6.60. The average molecular weight is 304 g/mol. The Morgan fingerprint density at radius 1 is 1.09 bits per heavy atom. The second-order valence-electron chi connectivity index (χ2n) is 6.96. The zero-order chi connectivity index (χ0) is 16.8. The van der Waals surface area contributed by atoms with Gasteiger partial charge in [0.1, 0.15) is 0 Å². The highest BCUT2D eigenvalue weighted by atomic mass is 16.2. The van der Waals surface area contributed by atoms with Gasteiger partial charge in [0, 0.05) is 18.4 Å². The zero-order valence-corrected chi connectivity index (χ0v) is 14.3. The van der Waals surface area contributed by atoms with E-state index in [0.717, 1.165) is 5.56 Å². The molecule has 1 atom stereocenters. The van der Waals surface area contributed by atoms with Gasteiger partial charge in [0.05, 0.1) is 6.04 Å². The molecule has 0 aliphatic heterocycles. The van der Waals surface area contributed by atoms with E-state index in [9.17, 15) is 9.59 Å². The summed E-state index contributed by atoms with van der Waals surface area (Å²) in [5, 5.41) is 5.85. The van der Waals surface area contributed by atoms with Gasteiger partial charge in [0.2, 0.25) is 11.8 Å². The second kappa shape index (κ2) is 7.97. The smallest absolute Gasteiger partial charge is 0.225 e. The van der Waals surface area contributed by atoms with E-state index in [1.165, 1.54) is 0 Å². The number of nitrogens with one attached hydrogen (secondary N) is 2. The molecule has 2 N–H and O–H groups in total. The van der Waals surface area contributed by atoms with E-state index in [-0.39, 0.29) is 24.3 Å². The van der Waals surface area contributed by atoms with Crippen molar-refractivity contribution < 1.29 is 9.59 Å². The molecular formula is C18H28N2O2. The monoisotopic (exact) mass is 304 g/mol. The minimum Gasteiger partial charge on any atom is -0.355 e. The molecule has 0 spiro atoms. The van der Waals surface area contributed by atoms with Crippen molar-refractivity contribution in [1.82, 2.24) is 10.6 Å². The van der Waals surface area contributed by atoms with Gasteiger partial charge in [0.25, 0.3) is 0 Å². The summed E-state index contributed by atoms with van der Waals surface area (Å²) in [5.41, 5.74) is 0.672. The molecule has 2 amide bonds. The summed E-state index contributed by atoms with van der Waals surface area (Å²) in [6.07, 6.45) is 0.290. The number of hydrogen-bond donors (Lipinski definition) is 2. The fourth-order valence-corrected chi connectivity index (χ4v) is 2.10. The molecule has 1 aromatic carbocycles. The summed E-state index contributed by atoms with van der Waals surface area (Å²) >= 11 is 0. The standard InChI is InChI=1S/C18H28N2O2/c1-13(2)16(14-9-7-6-8-10-14)20-15(21)11-12-19-17(22)18(3,4)5/h6-10,13,16H,11-12H2,1-5H3,(H,19,22)(H,20,21). The van der Waals surface area contributed by atoms with Crippen LogP contribution in [0.15, 0.2) is 30.3 Å². The Bertz CT molecular complexity index is 490. The molecule has 1 rings (SSSR count). The van der Waals surface area contributed by atoms with Crippen LogP contribution in [0.25, 0.3) is 0 Å². The first-order chi connectivity index (χ1) is 10.2. The molecule has 1 unspecified atom stereocenters. The van der Waals surface area contributed by atoms with Gasteiger partial charge in [-0.1, -0.05) is 65.0 Å². The Labute approximate surface area is 133 Å². The zero-order valence-electron chi connectivity index (χ0n) is 14.3. The van der Waals surface area contributed by atoms with Crippen LogP contribution in [0, 0.1) is 11.3 Å². The van der Waals surface area contributed by atoms with Crippen LogP contribution in [-0.2, 0) is 9.59 Å². The number of hydrogen-bond acceptors (Lipinski definition) is 2. The van der Waals surface area contributed by atoms with E-state index in [0.29, 0.717) is 12.5 Å². The minimum atomic E-state index is -0.430. The van der Waals surface area contributed by atoms with Crippen LogP contribution in [0.3, 0.4) is 0 Å². The Balaban J connectivity index is 2.50. The molecule has 0 bridgehead atoms. The topological polar surface area (TPSA) is 58.2 Å². The van der Waals surface area contributed by atoms with Crippen molar-refractivity contribution in [2.24, 2.45) is 11.3 Å². The molecule has 0 aliphatic rings. The first-order valence-corrected chi connectivity index (χ1v) is 7.84. The van der Waals surface area contributed by atoms with Crippen LogP contribution in [0.2, 0.25) is 0 Å². The third-order valence-corrected chi connectivity index (χ3v) is 3.46. The highest BCUT2D eigenvalue weighted by Crippen LogP contribution is 2.21. The predicted molar refractivity (Wildman–Crippen MR) is 89.2 cm³/mol. The van der Waals surface area contributed by atoms with Gasteiger partial charge < -0.3 is 10.6 Å². The summed E-state index contributed by atoms with van der Waals surface area (Å²) in [5.74, 6) is 0.219. The molecule has 1 aromatic rings. The largest absolute Gasteiger partial charge is 0.355 e. The number of benzene rings is 1. The molecule has 0 saturated carbocycles. The van der Waals surface area contributed by atoms with Crippen molar-refractivity contribution in [1.29, 1.82) is 0 Å². The summed E-state index contributed by atoms with van der Waals surface area (Å²) < 4.78 is 0. The summed E-state index contributed by atoms with van der Waals surface area (Å²) in [6, 6.07) is 9.94. The van der Waals surface area contributed by atoms with Crippen molar-refractivity contribution >= 4 is 11.8 Å². The van der Waals surface area contributed by atoms with Crippen molar-refractivity contribution in [3.05, 3.63) is 35.9 Å². The molecule has 0 saturated heterocycles. The first-order valence-electron chi connectivity index (χ1n) is 7.84. The van der Waals surface area contributed by atoms with Crippen LogP contribution >= 0.6 is 0 Å². The lowest BCUT2D eigenvalue weighted by Crippen LogP contribution is -2.38. The third kappa shape index (κ3) is 5.88. The van der Waals surface area contributed by atoms with Crippen LogP contribution < -0.4 is 10.6 Å². The van der Waals surface area contributed by atoms with E-state index >= 15 is 0 Å². The van der Waals surface area contributed by atoms with Gasteiger partial charge in [-0.25, -0.2) is 0 Å². The average Bonchev–Trinajstić information content (AvgIpc) is 2.44. The van der Waals surface area contributed by atoms with Crippen molar-refractivity contribution in [3.8, 4) is 0 Å². The maximum absolute atomic E-state index is 12.1. The van der Waals surface area contributed by atoms with Gasteiger partial charge in [-0.2, -0.15) is 0 Å². The Hall–Kier alpha value is -1.84. The third-order valence-electron chi connectivity index (χ3n) is 3.46. The molecule has 22 heavy (non-hydrogen) atoms. The fraction of sp³-hybridized carbons (Fsp3) is 0.556. The quantitative estimate of drug-likeness (QED) is 0.848. The van der Waals surface area contributed by atoms with Crippen LogP contribution in [0.4, 0.5) is 0 Å². The number of carbonyl (C=O) groups excluding carboxylic acids is 2. The SMILES string of the molecule is CC(C)C(NC(=O)CCNC(=O)C(C)(C)C)c1ccccc1. The molecule has 122 valence electrons. The van der Waals surface area contributed by atoms with Gasteiger partial charge in [-0.15, -0.1) is 0 Å². The molecule has 0 aliphatic carbocycles. The highest BCUT2D eigenvalue weighted by Gasteiger charge is 2.21. The van der Waals surface area contributed by atoms with Gasteiger partial charge in [-0.3, -0.25) is 9.59 Å². The van der Waals surface area contributed by atoms with E-state index < -0.39 is 5.41 Å².